The lowest BCUT2D eigenvalue weighted by Crippen LogP contribution is -2.46. The van der Waals surface area contributed by atoms with Crippen molar-refractivity contribution in [3.8, 4) is 0 Å². The predicted molar refractivity (Wildman–Crippen MR) is 174 cm³/mol. The molecule has 0 bridgehead atoms. The second-order valence-electron chi connectivity index (χ2n) is 10.4. The zero-order valence-corrected chi connectivity index (χ0v) is 29.4. The van der Waals surface area contributed by atoms with Crippen LogP contribution in [-0.4, -0.2) is 203 Å². The number of carbonyl (C=O) groups is 5. The first-order valence-corrected chi connectivity index (χ1v) is 15.4. The molecular weight excluding hydrogens is 604 g/mol. The average molecular weight is 665 g/mol. The summed E-state index contributed by atoms with van der Waals surface area (Å²) in [4.78, 5) is 65.7. The van der Waals surface area contributed by atoms with Crippen molar-refractivity contribution < 1.29 is 47.7 Å². The monoisotopic (exact) mass is 664 g/mol. The van der Waals surface area contributed by atoms with E-state index in [0.29, 0.717) is 78.8 Å². The van der Waals surface area contributed by atoms with Gasteiger partial charge in [-0.15, -0.1) is 0 Å². The molecule has 46 heavy (non-hydrogen) atoms. The minimum absolute atomic E-state index is 0.0141. The molecule has 0 heterocycles. The molecule has 0 radical (unpaired) electrons. The van der Waals surface area contributed by atoms with Crippen LogP contribution < -0.4 is 10.6 Å². The molecule has 0 aliphatic rings. The van der Waals surface area contributed by atoms with Gasteiger partial charge in [-0.05, 0) is 27.9 Å². The van der Waals surface area contributed by atoms with Crippen LogP contribution in [0.25, 0.3) is 0 Å². The Morgan fingerprint density at radius 1 is 0.500 bits per heavy atom. The van der Waals surface area contributed by atoms with Crippen LogP contribution in [-0.2, 0) is 47.7 Å². The first-order chi connectivity index (χ1) is 22.0. The summed E-state index contributed by atoms with van der Waals surface area (Å²) in [6.45, 7) is 9.17. The number of methoxy groups -OCH3 is 4. The van der Waals surface area contributed by atoms with Gasteiger partial charge in [0.25, 0.3) is 0 Å². The van der Waals surface area contributed by atoms with Crippen LogP contribution in [0.15, 0.2) is 0 Å². The summed E-state index contributed by atoms with van der Waals surface area (Å²) in [5, 5.41) is 5.91. The Labute approximate surface area is 275 Å². The second kappa shape index (κ2) is 31.1. The minimum atomic E-state index is -0.321. The van der Waals surface area contributed by atoms with Crippen LogP contribution in [0.5, 0.6) is 0 Å². The van der Waals surface area contributed by atoms with Gasteiger partial charge >= 0.3 is 0 Å². The van der Waals surface area contributed by atoms with E-state index in [2.05, 4.69) is 10.6 Å². The molecule has 0 aromatic heterocycles. The maximum absolute atomic E-state index is 12.3. The number of hydrogen-bond donors (Lipinski definition) is 2. The maximum atomic E-state index is 12.3. The van der Waals surface area contributed by atoms with Gasteiger partial charge in [0.1, 0.15) is 24.8 Å². The molecule has 0 saturated heterocycles. The van der Waals surface area contributed by atoms with Gasteiger partial charge in [0.2, 0.25) is 17.7 Å². The third kappa shape index (κ3) is 25.6. The lowest BCUT2D eigenvalue weighted by atomic mass is 10.3. The molecule has 270 valence electrons. The summed E-state index contributed by atoms with van der Waals surface area (Å²) in [5.41, 5.74) is 0. The lowest BCUT2D eigenvalue weighted by molar-refractivity contribution is -0.144. The summed E-state index contributed by atoms with van der Waals surface area (Å²) in [5.74, 6) is -0.730. The van der Waals surface area contributed by atoms with E-state index in [1.807, 2.05) is 11.9 Å². The van der Waals surface area contributed by atoms with Crippen LogP contribution in [0.3, 0.4) is 0 Å². The number of ketones is 2. The Morgan fingerprint density at radius 3 is 1.24 bits per heavy atom. The van der Waals surface area contributed by atoms with Gasteiger partial charge < -0.3 is 49.0 Å². The van der Waals surface area contributed by atoms with Crippen molar-refractivity contribution in [3.63, 3.8) is 0 Å². The van der Waals surface area contributed by atoms with E-state index in [1.54, 1.807) is 45.3 Å². The van der Waals surface area contributed by atoms with E-state index in [4.69, 9.17) is 23.7 Å². The normalized spacial score (nSPS) is 10.7. The Morgan fingerprint density at radius 2 is 0.870 bits per heavy atom. The lowest BCUT2D eigenvalue weighted by Gasteiger charge is -2.26. The standard InChI is InChI=1S/C16H31N3O6.C14H29N3O4/c1-14(20)11-19(6-5-17-2)16(22)13-25-12-15(21)18(7-9-23-3)8-10-24-4;1-13(18)11-17(6-5-15-2)14(19)12-16(7-9-20-3)8-10-21-4/h17H,5-13H2,1-4H3;15H,5-12H2,1-4H3. The number of carbonyl (C=O) groups excluding carboxylic acids is 5. The van der Waals surface area contributed by atoms with Crippen LogP contribution in [0.2, 0.25) is 0 Å². The summed E-state index contributed by atoms with van der Waals surface area (Å²) in [6, 6.07) is 0. The van der Waals surface area contributed by atoms with Crippen molar-refractivity contribution in [1.29, 1.82) is 0 Å². The molecule has 0 saturated carbocycles. The summed E-state index contributed by atoms with van der Waals surface area (Å²) < 4.78 is 25.3. The molecule has 3 amide bonds. The average Bonchev–Trinajstić information content (AvgIpc) is 3.02. The molecule has 0 aliphatic carbocycles. The maximum Gasteiger partial charge on any atom is 0.249 e. The van der Waals surface area contributed by atoms with Crippen molar-refractivity contribution in [2.45, 2.75) is 13.8 Å². The molecular formula is C30H60N6O10. The van der Waals surface area contributed by atoms with Gasteiger partial charge in [-0.2, -0.15) is 0 Å². The molecule has 2 N–H and O–H groups in total. The molecule has 0 spiro atoms. The highest BCUT2D eigenvalue weighted by molar-refractivity contribution is 5.86. The quantitative estimate of drug-likeness (QED) is 0.0942. The van der Waals surface area contributed by atoms with Crippen LogP contribution in [0, 0.1) is 0 Å². The van der Waals surface area contributed by atoms with Crippen molar-refractivity contribution in [2.24, 2.45) is 0 Å². The largest absolute Gasteiger partial charge is 0.383 e. The van der Waals surface area contributed by atoms with Crippen molar-refractivity contribution in [3.05, 3.63) is 0 Å². The van der Waals surface area contributed by atoms with Gasteiger partial charge in [0, 0.05) is 80.8 Å². The molecule has 16 nitrogen and oxygen atoms in total. The van der Waals surface area contributed by atoms with Gasteiger partial charge in [0.05, 0.1) is 46.1 Å². The van der Waals surface area contributed by atoms with Crippen molar-refractivity contribution >= 4 is 29.3 Å². The van der Waals surface area contributed by atoms with Gasteiger partial charge in [-0.1, -0.05) is 0 Å². The van der Waals surface area contributed by atoms with E-state index in [9.17, 15) is 24.0 Å². The van der Waals surface area contributed by atoms with Crippen LogP contribution >= 0.6 is 0 Å². The number of hydrogen-bond acceptors (Lipinski definition) is 13. The smallest absolute Gasteiger partial charge is 0.249 e. The topological polar surface area (TPSA) is 169 Å². The highest BCUT2D eigenvalue weighted by Crippen LogP contribution is 1.98. The Hall–Kier alpha value is -2.57. The summed E-state index contributed by atoms with van der Waals surface area (Å²) in [6.07, 6.45) is 0. The third-order valence-corrected chi connectivity index (χ3v) is 6.31. The number of nitrogens with zero attached hydrogens (tertiary/aromatic N) is 4. The molecule has 0 aliphatic heterocycles. The Balaban J connectivity index is 0. The van der Waals surface area contributed by atoms with E-state index in [0.717, 1.165) is 0 Å². The fourth-order valence-electron chi connectivity index (χ4n) is 3.79. The number of Topliss-reactive ketones (excluding diaryl/α,β-unsaturated/α-hetero) is 2. The summed E-state index contributed by atoms with van der Waals surface area (Å²) >= 11 is 0. The predicted octanol–water partition coefficient (Wildman–Crippen LogP) is -2.02. The van der Waals surface area contributed by atoms with Crippen molar-refractivity contribution in [2.75, 3.05) is 154 Å². The number of nitrogens with one attached hydrogen (secondary N) is 2. The second-order valence-corrected chi connectivity index (χ2v) is 10.4. The molecule has 0 rings (SSSR count). The molecule has 0 aromatic carbocycles. The fraction of sp³-hybridized carbons (Fsp3) is 0.833. The number of amides is 3. The Bertz CT molecular complexity index is 820. The number of rotatable bonds is 28. The first kappa shape index (κ1) is 45.6. The zero-order chi connectivity index (χ0) is 35.2. The van der Waals surface area contributed by atoms with Gasteiger partial charge in [-0.25, -0.2) is 0 Å². The molecule has 0 aromatic rings. The molecule has 0 fully saturated rings. The molecule has 0 unspecified atom stereocenters. The van der Waals surface area contributed by atoms with E-state index < -0.39 is 0 Å². The summed E-state index contributed by atoms with van der Waals surface area (Å²) in [7, 11) is 9.96. The SMILES string of the molecule is CNCCN(CC(C)=O)C(=O)CN(CCOC)CCOC.CNCCN(CC(C)=O)C(=O)COCC(=O)N(CCOC)CCOC. The van der Waals surface area contributed by atoms with E-state index in [1.165, 1.54) is 18.7 Å². The third-order valence-electron chi connectivity index (χ3n) is 6.31. The van der Waals surface area contributed by atoms with Crippen LogP contribution in [0.1, 0.15) is 13.8 Å². The number of likely N-dealkylation sites (N-methyl/N-ethyl adjacent to an activating group) is 2. The van der Waals surface area contributed by atoms with E-state index >= 15 is 0 Å². The highest BCUT2D eigenvalue weighted by Gasteiger charge is 2.19. The van der Waals surface area contributed by atoms with Crippen LogP contribution in [0.4, 0.5) is 0 Å². The van der Waals surface area contributed by atoms with E-state index in [-0.39, 0.29) is 62.1 Å². The zero-order valence-electron chi connectivity index (χ0n) is 29.4. The fourth-order valence-corrected chi connectivity index (χ4v) is 3.79. The highest BCUT2D eigenvalue weighted by atomic mass is 16.5. The molecule has 0 atom stereocenters. The van der Waals surface area contributed by atoms with Gasteiger partial charge in [-0.3, -0.25) is 28.9 Å². The minimum Gasteiger partial charge on any atom is -0.383 e. The number of ether oxygens (including phenoxy) is 5. The molecule has 16 heteroatoms. The van der Waals surface area contributed by atoms with Crippen molar-refractivity contribution in [1.82, 2.24) is 30.2 Å². The Kier molecular flexibility index (Phi) is 30.7. The first-order valence-electron chi connectivity index (χ1n) is 15.4. The van der Waals surface area contributed by atoms with Gasteiger partial charge in [0.15, 0.2) is 0 Å².